The lowest BCUT2D eigenvalue weighted by molar-refractivity contribution is 0.0390. The molecular weight excluding hydrogens is 486 g/mol. The minimum atomic E-state index is -0.565. The van der Waals surface area contributed by atoms with Gasteiger partial charge in [0.25, 0.3) is 11.8 Å². The topological polar surface area (TPSA) is 80.8 Å². The van der Waals surface area contributed by atoms with Crippen molar-refractivity contribution in [3.05, 3.63) is 119 Å². The van der Waals surface area contributed by atoms with Gasteiger partial charge in [0.15, 0.2) is 0 Å². The molecule has 37 heavy (non-hydrogen) atoms. The molecule has 7 heteroatoms. The highest BCUT2D eigenvalue weighted by Gasteiger charge is 2.33. The molecule has 6 nitrogen and oxygen atoms in total. The fourth-order valence-corrected chi connectivity index (χ4v) is 4.89. The Balaban J connectivity index is 0.000000146. The number of hydrogen-bond acceptors (Lipinski definition) is 6. The first-order chi connectivity index (χ1) is 17.9. The maximum Gasteiger partial charge on any atom is 0.346 e. The van der Waals surface area contributed by atoms with E-state index in [1.807, 2.05) is 36.4 Å². The average molecular weight is 504 g/mol. The Labute approximate surface area is 216 Å². The Kier molecular flexibility index (Phi) is 5.35. The van der Waals surface area contributed by atoms with Gasteiger partial charge in [-0.1, -0.05) is 48.5 Å². The van der Waals surface area contributed by atoms with Crippen LogP contribution in [-0.2, 0) is 4.74 Å². The average Bonchev–Trinajstić information content (AvgIpc) is 2.91. The number of carbonyl (C=O) groups excluding carboxylic acids is 4. The lowest BCUT2D eigenvalue weighted by Gasteiger charge is -2.27. The molecule has 0 radical (unpaired) electrons. The van der Waals surface area contributed by atoms with Gasteiger partial charge < -0.3 is 4.74 Å². The van der Waals surface area contributed by atoms with E-state index in [0.29, 0.717) is 33.3 Å². The van der Waals surface area contributed by atoms with Gasteiger partial charge in [0.2, 0.25) is 0 Å². The molecule has 2 amide bonds. The van der Waals surface area contributed by atoms with E-state index in [4.69, 9.17) is 0 Å². The molecule has 2 aliphatic heterocycles. The summed E-state index contributed by atoms with van der Waals surface area (Å²) in [5, 5.41) is 3.22. The quantitative estimate of drug-likeness (QED) is 0.130. The SMILES string of the molecule is O=C1OC(=O)c2cccc3cccc1c23.O=C1c2cccc3cccc(c23)C(=O)N1c1ccc(S)cc1. The van der Waals surface area contributed by atoms with Crippen molar-refractivity contribution in [2.75, 3.05) is 4.90 Å². The summed E-state index contributed by atoms with van der Waals surface area (Å²) >= 11 is 4.24. The number of carbonyl (C=O) groups is 4. The minimum Gasteiger partial charge on any atom is -0.386 e. The van der Waals surface area contributed by atoms with Crippen LogP contribution in [0, 0.1) is 0 Å². The molecule has 178 valence electrons. The van der Waals surface area contributed by atoms with Crippen LogP contribution in [0.2, 0.25) is 0 Å². The van der Waals surface area contributed by atoms with Gasteiger partial charge in [-0.05, 0) is 59.3 Å². The Morgan fingerprint density at radius 2 is 0.919 bits per heavy atom. The fraction of sp³-hybridized carbons (Fsp3) is 0. The molecule has 0 aliphatic carbocycles. The second-order valence-electron chi connectivity index (χ2n) is 8.56. The number of nitrogens with zero attached hydrogens (tertiary/aromatic N) is 1. The van der Waals surface area contributed by atoms with E-state index in [9.17, 15) is 19.2 Å². The van der Waals surface area contributed by atoms with Crippen molar-refractivity contribution in [1.29, 1.82) is 0 Å². The molecule has 0 bridgehead atoms. The largest absolute Gasteiger partial charge is 0.386 e. The minimum absolute atomic E-state index is 0.291. The molecule has 2 heterocycles. The molecule has 0 spiro atoms. The maximum absolute atomic E-state index is 12.8. The molecule has 0 fully saturated rings. The van der Waals surface area contributed by atoms with Gasteiger partial charge in [0.1, 0.15) is 0 Å². The van der Waals surface area contributed by atoms with Crippen molar-refractivity contribution in [3.63, 3.8) is 0 Å². The monoisotopic (exact) mass is 503 g/mol. The summed E-state index contributed by atoms with van der Waals surface area (Å²) in [6, 6.07) is 28.6. The first kappa shape index (κ1) is 22.7. The number of hydrogen-bond donors (Lipinski definition) is 1. The Bertz CT molecular complexity index is 1690. The first-order valence-electron chi connectivity index (χ1n) is 11.4. The van der Waals surface area contributed by atoms with E-state index in [1.54, 1.807) is 60.7 Å². The van der Waals surface area contributed by atoms with Gasteiger partial charge in [0, 0.05) is 26.8 Å². The normalized spacial score (nSPS) is 13.9. The number of thiol groups is 1. The molecule has 2 aliphatic rings. The molecule has 0 saturated carbocycles. The third-order valence-electron chi connectivity index (χ3n) is 6.41. The second kappa shape index (κ2) is 8.72. The van der Waals surface area contributed by atoms with E-state index in [0.717, 1.165) is 21.1 Å². The summed E-state index contributed by atoms with van der Waals surface area (Å²) in [5.41, 5.74) is 2.59. The maximum atomic E-state index is 12.8. The van der Waals surface area contributed by atoms with Crippen molar-refractivity contribution in [2.24, 2.45) is 0 Å². The zero-order valence-corrected chi connectivity index (χ0v) is 20.1. The lowest BCUT2D eigenvalue weighted by atomic mass is 9.94. The van der Waals surface area contributed by atoms with Crippen molar-refractivity contribution in [1.82, 2.24) is 0 Å². The van der Waals surface area contributed by atoms with Crippen LogP contribution in [0.1, 0.15) is 41.4 Å². The molecule has 5 aromatic rings. The standard InChI is InChI=1S/C18H11NO2S.C12H6O3/c20-17-14-5-1-3-11-4-2-6-15(16(11)14)18(21)19(17)12-7-9-13(22)10-8-12;13-11-8-5-1-3-7-4-2-6-9(10(7)8)12(14)15-11/h1-10,22H;1-6H. The predicted octanol–water partition coefficient (Wildman–Crippen LogP) is 6.08. The van der Waals surface area contributed by atoms with Gasteiger partial charge in [-0.15, -0.1) is 12.6 Å². The van der Waals surface area contributed by atoms with Gasteiger partial charge in [-0.2, -0.15) is 0 Å². The summed E-state index contributed by atoms with van der Waals surface area (Å²) in [5.74, 6) is -1.71. The zero-order valence-electron chi connectivity index (χ0n) is 19.2. The highest BCUT2D eigenvalue weighted by Crippen LogP contribution is 2.33. The summed E-state index contributed by atoms with van der Waals surface area (Å²) in [6.07, 6.45) is 0. The van der Waals surface area contributed by atoms with E-state index < -0.39 is 11.9 Å². The smallest absolute Gasteiger partial charge is 0.346 e. The Morgan fingerprint density at radius 1 is 0.514 bits per heavy atom. The molecule has 0 saturated heterocycles. The van der Waals surface area contributed by atoms with Crippen molar-refractivity contribution in [3.8, 4) is 0 Å². The number of cyclic esters (lactones) is 2. The van der Waals surface area contributed by atoms with Crippen molar-refractivity contribution < 1.29 is 23.9 Å². The molecule has 0 unspecified atom stereocenters. The molecular formula is C30H17NO5S. The van der Waals surface area contributed by atoms with Gasteiger partial charge in [-0.3, -0.25) is 9.59 Å². The number of imide groups is 1. The number of benzene rings is 5. The summed E-state index contributed by atoms with van der Waals surface area (Å²) < 4.78 is 4.63. The number of ether oxygens (including phenoxy) is 1. The molecule has 5 aromatic carbocycles. The summed E-state index contributed by atoms with van der Waals surface area (Å²) in [6.45, 7) is 0. The zero-order chi connectivity index (χ0) is 25.7. The predicted molar refractivity (Wildman–Crippen MR) is 142 cm³/mol. The number of amides is 2. The molecule has 7 rings (SSSR count). The van der Waals surface area contributed by atoms with Gasteiger partial charge in [-0.25, -0.2) is 14.5 Å². The first-order valence-corrected chi connectivity index (χ1v) is 11.9. The molecule has 0 aromatic heterocycles. The van der Waals surface area contributed by atoms with Crippen LogP contribution in [0.15, 0.2) is 102 Å². The van der Waals surface area contributed by atoms with E-state index in [1.165, 1.54) is 4.90 Å². The van der Waals surface area contributed by atoms with Crippen LogP contribution in [0.25, 0.3) is 21.5 Å². The van der Waals surface area contributed by atoms with Gasteiger partial charge >= 0.3 is 11.9 Å². The number of esters is 2. The van der Waals surface area contributed by atoms with Crippen LogP contribution in [0.5, 0.6) is 0 Å². The Hall–Kier alpha value is -4.75. The van der Waals surface area contributed by atoms with E-state index in [2.05, 4.69) is 17.4 Å². The molecule has 0 atom stereocenters. The third kappa shape index (κ3) is 3.68. The Morgan fingerprint density at radius 3 is 1.38 bits per heavy atom. The van der Waals surface area contributed by atoms with Crippen LogP contribution in [0.3, 0.4) is 0 Å². The van der Waals surface area contributed by atoms with Crippen LogP contribution >= 0.6 is 12.6 Å². The van der Waals surface area contributed by atoms with E-state index in [-0.39, 0.29) is 11.8 Å². The van der Waals surface area contributed by atoms with Crippen LogP contribution in [0.4, 0.5) is 5.69 Å². The number of anilines is 1. The lowest BCUT2D eigenvalue weighted by Crippen LogP contribution is -2.40. The van der Waals surface area contributed by atoms with Crippen molar-refractivity contribution in [2.45, 2.75) is 4.90 Å². The second-order valence-corrected chi connectivity index (χ2v) is 9.07. The van der Waals surface area contributed by atoms with Crippen LogP contribution < -0.4 is 4.90 Å². The van der Waals surface area contributed by atoms with E-state index >= 15 is 0 Å². The summed E-state index contributed by atoms with van der Waals surface area (Å²) in [7, 11) is 0. The molecule has 0 N–H and O–H groups in total. The third-order valence-corrected chi connectivity index (χ3v) is 6.71. The number of rotatable bonds is 1. The highest BCUT2D eigenvalue weighted by atomic mass is 32.1. The van der Waals surface area contributed by atoms with Crippen molar-refractivity contribution >= 4 is 63.6 Å². The van der Waals surface area contributed by atoms with Crippen LogP contribution in [-0.4, -0.2) is 23.8 Å². The van der Waals surface area contributed by atoms with Gasteiger partial charge in [0.05, 0.1) is 16.8 Å². The fourth-order valence-electron chi connectivity index (χ4n) is 4.74. The summed E-state index contributed by atoms with van der Waals surface area (Å²) in [4.78, 5) is 50.5. The highest BCUT2D eigenvalue weighted by molar-refractivity contribution is 7.80.